The van der Waals surface area contributed by atoms with Crippen LogP contribution in [0.5, 0.6) is 0 Å². The van der Waals surface area contributed by atoms with Gasteiger partial charge in [-0.15, -0.1) is 11.3 Å². The van der Waals surface area contributed by atoms with Crippen LogP contribution in [0, 0.1) is 0 Å². The van der Waals surface area contributed by atoms with E-state index in [9.17, 15) is 0 Å². The summed E-state index contributed by atoms with van der Waals surface area (Å²) >= 11 is 1.79. The largest absolute Gasteiger partial charge is 0.494 e. The standard InChI is InChI=1S/C25H34B2O4S/c1-9-23(3,4)29-26(28-10-2)17-11-13-19-20-14-12-18(16-22(20)32-21(19)15-17)27-30-24(5,6)25(7,8)31-27/h11-16H,9-10H2,1-8H3. The van der Waals surface area contributed by atoms with Crippen LogP contribution in [0.4, 0.5) is 0 Å². The fourth-order valence-electron chi connectivity index (χ4n) is 3.81. The van der Waals surface area contributed by atoms with Gasteiger partial charge < -0.3 is 18.6 Å². The van der Waals surface area contributed by atoms with Gasteiger partial charge in [0.25, 0.3) is 0 Å². The van der Waals surface area contributed by atoms with Gasteiger partial charge in [0, 0.05) is 32.4 Å². The maximum absolute atomic E-state index is 6.31. The molecule has 0 N–H and O–H groups in total. The molecule has 1 aliphatic rings. The maximum atomic E-state index is 6.31. The van der Waals surface area contributed by atoms with Gasteiger partial charge in [-0.25, -0.2) is 0 Å². The first kappa shape index (κ1) is 23.8. The first-order chi connectivity index (χ1) is 15.0. The SMILES string of the molecule is CCOB(OC(C)(C)CC)c1ccc2c(c1)sc1cc(B3OC(C)(C)C(C)(C)O3)ccc12. The summed E-state index contributed by atoms with van der Waals surface area (Å²) in [4.78, 5) is 0. The summed E-state index contributed by atoms with van der Waals surface area (Å²) in [5, 5.41) is 2.50. The molecule has 0 saturated carbocycles. The molecule has 4 nitrogen and oxygen atoms in total. The molecule has 0 bridgehead atoms. The zero-order chi connectivity index (χ0) is 23.3. The summed E-state index contributed by atoms with van der Waals surface area (Å²) in [6.07, 6.45) is 0.920. The van der Waals surface area contributed by atoms with Crippen molar-refractivity contribution in [3.8, 4) is 0 Å². The Morgan fingerprint density at radius 3 is 2.12 bits per heavy atom. The first-order valence-corrected chi connectivity index (χ1v) is 12.4. The summed E-state index contributed by atoms with van der Waals surface area (Å²) in [7, 11) is -0.720. The molecule has 2 aromatic carbocycles. The molecule has 2 heterocycles. The zero-order valence-electron chi connectivity index (χ0n) is 20.6. The molecule has 1 fully saturated rings. The Morgan fingerprint density at radius 1 is 0.938 bits per heavy atom. The van der Waals surface area contributed by atoms with Crippen molar-refractivity contribution < 1.29 is 18.6 Å². The van der Waals surface area contributed by atoms with Gasteiger partial charge in [0.05, 0.1) is 11.2 Å². The van der Waals surface area contributed by atoms with Crippen molar-refractivity contribution in [2.24, 2.45) is 0 Å². The normalized spacial score (nSPS) is 18.1. The summed E-state index contributed by atoms with van der Waals surface area (Å²) in [5.41, 5.74) is 1.18. The number of rotatable bonds is 7. The summed E-state index contributed by atoms with van der Waals surface area (Å²) in [6.45, 7) is 17.3. The second-order valence-electron chi connectivity index (χ2n) is 10.2. The molecule has 3 aromatic rings. The molecule has 1 aromatic heterocycles. The second-order valence-corrected chi connectivity index (χ2v) is 11.3. The Balaban J connectivity index is 1.68. The highest BCUT2D eigenvalue weighted by Crippen LogP contribution is 2.38. The van der Waals surface area contributed by atoms with Crippen LogP contribution in [0.3, 0.4) is 0 Å². The van der Waals surface area contributed by atoms with Crippen molar-refractivity contribution in [2.45, 2.75) is 78.6 Å². The molecule has 0 amide bonds. The van der Waals surface area contributed by atoms with Gasteiger partial charge in [-0.1, -0.05) is 31.2 Å². The van der Waals surface area contributed by atoms with Gasteiger partial charge in [0.2, 0.25) is 0 Å². The zero-order valence-corrected chi connectivity index (χ0v) is 21.4. The Morgan fingerprint density at radius 2 is 1.53 bits per heavy atom. The van der Waals surface area contributed by atoms with Crippen molar-refractivity contribution in [3.05, 3.63) is 36.4 Å². The van der Waals surface area contributed by atoms with Crippen molar-refractivity contribution in [3.63, 3.8) is 0 Å². The van der Waals surface area contributed by atoms with Crippen molar-refractivity contribution in [1.29, 1.82) is 0 Å². The molecule has 4 rings (SSSR count). The number of benzene rings is 2. The van der Waals surface area contributed by atoms with Crippen LogP contribution in [0.2, 0.25) is 0 Å². The molecule has 0 radical (unpaired) electrons. The molecule has 0 spiro atoms. The van der Waals surface area contributed by atoms with E-state index in [1.807, 2.05) is 6.92 Å². The van der Waals surface area contributed by atoms with Gasteiger partial charge in [0.1, 0.15) is 0 Å². The highest BCUT2D eigenvalue weighted by Gasteiger charge is 2.51. The number of thiophene rings is 1. The molecule has 0 atom stereocenters. The molecule has 32 heavy (non-hydrogen) atoms. The van der Waals surface area contributed by atoms with E-state index in [1.165, 1.54) is 20.2 Å². The molecule has 170 valence electrons. The third kappa shape index (κ3) is 4.38. The van der Waals surface area contributed by atoms with E-state index >= 15 is 0 Å². The first-order valence-electron chi connectivity index (χ1n) is 11.6. The average Bonchev–Trinajstić information content (AvgIpc) is 3.19. The van der Waals surface area contributed by atoms with Crippen LogP contribution in [-0.4, -0.2) is 37.6 Å². The highest BCUT2D eigenvalue weighted by molar-refractivity contribution is 7.26. The number of hydrogen-bond acceptors (Lipinski definition) is 5. The van der Waals surface area contributed by atoms with Crippen molar-refractivity contribution in [1.82, 2.24) is 0 Å². The Hall–Kier alpha value is -1.37. The molecule has 0 unspecified atom stereocenters. The summed E-state index contributed by atoms with van der Waals surface area (Å²) in [6, 6.07) is 13.0. The Kier molecular flexibility index (Phi) is 6.27. The van der Waals surface area contributed by atoms with Crippen LogP contribution in [0.1, 0.15) is 61.8 Å². The molecular weight excluding hydrogens is 418 g/mol. The van der Waals surface area contributed by atoms with Crippen molar-refractivity contribution >= 4 is 56.7 Å². The van der Waals surface area contributed by atoms with E-state index < -0.39 is 0 Å². The Labute approximate surface area is 196 Å². The van der Waals surface area contributed by atoms with Gasteiger partial charge >= 0.3 is 14.2 Å². The van der Waals surface area contributed by atoms with E-state index in [4.69, 9.17) is 18.6 Å². The minimum Gasteiger partial charge on any atom is -0.408 e. The van der Waals surface area contributed by atoms with Crippen LogP contribution in [-0.2, 0) is 18.6 Å². The third-order valence-electron chi connectivity index (χ3n) is 6.91. The minimum absolute atomic E-state index is 0.243. The summed E-state index contributed by atoms with van der Waals surface area (Å²) < 4.78 is 27.2. The molecule has 1 saturated heterocycles. The van der Waals surface area contributed by atoms with Crippen molar-refractivity contribution in [2.75, 3.05) is 6.61 Å². The lowest BCUT2D eigenvalue weighted by Crippen LogP contribution is -2.43. The number of fused-ring (bicyclic) bond motifs is 3. The summed E-state index contributed by atoms with van der Waals surface area (Å²) in [5.74, 6) is 0. The average molecular weight is 452 g/mol. The van der Waals surface area contributed by atoms with E-state index in [1.54, 1.807) is 11.3 Å². The lowest BCUT2D eigenvalue weighted by molar-refractivity contribution is 0.00578. The van der Waals surface area contributed by atoms with E-state index in [-0.39, 0.29) is 31.0 Å². The van der Waals surface area contributed by atoms with Crippen LogP contribution in [0.15, 0.2) is 36.4 Å². The van der Waals surface area contributed by atoms with Crippen LogP contribution in [0.25, 0.3) is 20.2 Å². The predicted molar refractivity (Wildman–Crippen MR) is 138 cm³/mol. The topological polar surface area (TPSA) is 36.9 Å². The van der Waals surface area contributed by atoms with Gasteiger partial charge in [-0.3, -0.25) is 0 Å². The smallest absolute Gasteiger partial charge is 0.408 e. The van der Waals surface area contributed by atoms with E-state index in [0.29, 0.717) is 6.61 Å². The number of hydrogen-bond donors (Lipinski definition) is 0. The van der Waals surface area contributed by atoms with Crippen LogP contribution >= 0.6 is 11.3 Å². The van der Waals surface area contributed by atoms with Crippen LogP contribution < -0.4 is 10.9 Å². The minimum atomic E-state index is -0.370. The van der Waals surface area contributed by atoms with Gasteiger partial charge in [-0.05, 0) is 77.9 Å². The Bertz CT molecular complexity index is 1110. The lowest BCUT2D eigenvalue weighted by atomic mass is 9.77. The third-order valence-corrected chi connectivity index (χ3v) is 8.03. The molecule has 1 aliphatic heterocycles. The molecule has 0 aliphatic carbocycles. The molecule has 7 heteroatoms. The van der Waals surface area contributed by atoms with E-state index in [0.717, 1.165) is 17.3 Å². The second kappa shape index (κ2) is 8.44. The quantitative estimate of drug-likeness (QED) is 0.457. The monoisotopic (exact) mass is 452 g/mol. The molecular formula is C25H34B2O4S. The highest BCUT2D eigenvalue weighted by atomic mass is 32.1. The maximum Gasteiger partial charge on any atom is 0.494 e. The fraction of sp³-hybridized carbons (Fsp3) is 0.520. The lowest BCUT2D eigenvalue weighted by Gasteiger charge is -2.32. The van der Waals surface area contributed by atoms with Gasteiger partial charge in [0.15, 0.2) is 0 Å². The fourth-order valence-corrected chi connectivity index (χ4v) is 5.01. The van der Waals surface area contributed by atoms with E-state index in [2.05, 4.69) is 84.9 Å². The van der Waals surface area contributed by atoms with Gasteiger partial charge in [-0.2, -0.15) is 0 Å². The predicted octanol–water partition coefficient (Wildman–Crippen LogP) is 5.29.